The van der Waals surface area contributed by atoms with Crippen molar-refractivity contribution in [1.29, 1.82) is 10.5 Å². The molecule has 0 unspecified atom stereocenters. The van der Waals surface area contributed by atoms with Crippen LogP contribution in [0.5, 0.6) is 0 Å². The van der Waals surface area contributed by atoms with Gasteiger partial charge in [-0.3, -0.25) is 4.98 Å². The molecule has 0 N–H and O–H groups in total. The number of nitrogens with zero attached hydrogens (tertiary/aromatic N) is 4. The van der Waals surface area contributed by atoms with Crippen molar-refractivity contribution in [3.05, 3.63) is 58.3 Å². The summed E-state index contributed by atoms with van der Waals surface area (Å²) in [5.74, 6) is 0. The van der Waals surface area contributed by atoms with E-state index in [1.807, 2.05) is 30.5 Å². The van der Waals surface area contributed by atoms with E-state index in [0.717, 1.165) is 15.7 Å². The van der Waals surface area contributed by atoms with E-state index in [9.17, 15) is 0 Å². The van der Waals surface area contributed by atoms with Crippen molar-refractivity contribution in [2.24, 2.45) is 0 Å². The average Bonchev–Trinajstić information content (AvgIpc) is 2.51. The number of aromatic nitrogens is 1. The van der Waals surface area contributed by atoms with E-state index in [1.54, 1.807) is 12.3 Å². The molecule has 0 spiro atoms. The van der Waals surface area contributed by atoms with E-state index in [0.29, 0.717) is 25.1 Å². The van der Waals surface area contributed by atoms with Gasteiger partial charge >= 0.3 is 0 Å². The molecule has 0 radical (unpaired) electrons. The molecule has 1 heterocycles. The van der Waals surface area contributed by atoms with Crippen molar-refractivity contribution in [2.75, 3.05) is 11.4 Å². The Bertz CT molecular complexity index is 686. The van der Waals surface area contributed by atoms with Crippen molar-refractivity contribution in [3.63, 3.8) is 0 Å². The molecule has 0 saturated carbocycles. The predicted molar refractivity (Wildman–Crippen MR) is 84.4 cm³/mol. The highest BCUT2D eigenvalue weighted by Crippen LogP contribution is 2.24. The minimum Gasteiger partial charge on any atom is -0.366 e. The van der Waals surface area contributed by atoms with Gasteiger partial charge in [0.25, 0.3) is 0 Å². The number of pyridine rings is 1. The zero-order valence-electron chi connectivity index (χ0n) is 11.3. The van der Waals surface area contributed by atoms with E-state index >= 15 is 0 Å². The Labute approximate surface area is 132 Å². The highest BCUT2D eigenvalue weighted by molar-refractivity contribution is 9.10. The van der Waals surface area contributed by atoms with Gasteiger partial charge in [-0.2, -0.15) is 10.5 Å². The van der Waals surface area contributed by atoms with Crippen LogP contribution in [0.1, 0.15) is 17.5 Å². The molecule has 1 aromatic carbocycles. The van der Waals surface area contributed by atoms with Crippen molar-refractivity contribution in [1.82, 2.24) is 4.98 Å². The molecule has 2 rings (SSSR count). The third kappa shape index (κ3) is 4.30. The maximum absolute atomic E-state index is 9.08. The normalized spacial score (nSPS) is 9.67. The van der Waals surface area contributed by atoms with Gasteiger partial charge in [-0.25, -0.2) is 0 Å². The molecular formula is C16H13BrN4. The van der Waals surface area contributed by atoms with Gasteiger partial charge < -0.3 is 4.90 Å². The first-order chi connectivity index (χ1) is 10.2. The van der Waals surface area contributed by atoms with Crippen LogP contribution in [0, 0.1) is 22.7 Å². The molecule has 1 aromatic heterocycles. The van der Waals surface area contributed by atoms with Crippen LogP contribution in [0.3, 0.4) is 0 Å². The topological polar surface area (TPSA) is 63.7 Å². The number of nitriles is 2. The first kappa shape index (κ1) is 15.0. The Hall–Kier alpha value is -2.37. The second kappa shape index (κ2) is 7.42. The molecule has 0 amide bonds. The van der Waals surface area contributed by atoms with Crippen molar-refractivity contribution < 1.29 is 0 Å². The lowest BCUT2D eigenvalue weighted by molar-refractivity contribution is 0.795. The highest BCUT2D eigenvalue weighted by Gasteiger charge is 2.09. The minimum absolute atomic E-state index is 0.425. The third-order valence-electron chi connectivity index (χ3n) is 2.97. The molecule has 2 aromatic rings. The summed E-state index contributed by atoms with van der Waals surface area (Å²) in [5, 5.41) is 17.9. The van der Waals surface area contributed by atoms with Gasteiger partial charge in [-0.1, -0.05) is 22.0 Å². The second-order valence-corrected chi connectivity index (χ2v) is 5.42. The Morgan fingerprint density at radius 2 is 2.10 bits per heavy atom. The lowest BCUT2D eigenvalue weighted by Crippen LogP contribution is -2.23. The number of halogens is 1. The van der Waals surface area contributed by atoms with Gasteiger partial charge in [0.15, 0.2) is 0 Å². The lowest BCUT2D eigenvalue weighted by Gasteiger charge is -2.24. The van der Waals surface area contributed by atoms with E-state index in [4.69, 9.17) is 10.5 Å². The summed E-state index contributed by atoms with van der Waals surface area (Å²) < 4.78 is 0.852. The number of hydrogen-bond donors (Lipinski definition) is 0. The molecular weight excluding hydrogens is 328 g/mol. The third-order valence-corrected chi connectivity index (χ3v) is 3.42. The number of hydrogen-bond acceptors (Lipinski definition) is 4. The zero-order valence-corrected chi connectivity index (χ0v) is 12.9. The number of benzene rings is 1. The Morgan fingerprint density at radius 1 is 1.24 bits per heavy atom. The van der Waals surface area contributed by atoms with Gasteiger partial charge in [-0.05, 0) is 29.8 Å². The number of rotatable bonds is 5. The molecule has 0 atom stereocenters. The van der Waals surface area contributed by atoms with E-state index < -0.39 is 0 Å². The summed E-state index contributed by atoms with van der Waals surface area (Å²) in [6.45, 7) is 1.25. The Kier molecular flexibility index (Phi) is 5.31. The van der Waals surface area contributed by atoms with Crippen LogP contribution < -0.4 is 4.90 Å². The fraction of sp³-hybridized carbons (Fsp3) is 0.188. The van der Waals surface area contributed by atoms with Crippen molar-refractivity contribution >= 4 is 21.6 Å². The molecule has 0 aliphatic rings. The van der Waals surface area contributed by atoms with Gasteiger partial charge in [-0.15, -0.1) is 0 Å². The molecule has 0 bridgehead atoms. The van der Waals surface area contributed by atoms with Crippen LogP contribution in [0.25, 0.3) is 0 Å². The van der Waals surface area contributed by atoms with Gasteiger partial charge in [0.05, 0.1) is 24.1 Å². The van der Waals surface area contributed by atoms with Crippen LogP contribution >= 0.6 is 15.9 Å². The first-order valence-corrected chi connectivity index (χ1v) is 7.23. The summed E-state index contributed by atoms with van der Waals surface area (Å²) in [6, 6.07) is 13.8. The molecule has 0 saturated heterocycles. The van der Waals surface area contributed by atoms with E-state index in [2.05, 4.69) is 38.0 Å². The largest absolute Gasteiger partial charge is 0.366 e. The van der Waals surface area contributed by atoms with E-state index in [-0.39, 0.29) is 0 Å². The maximum atomic E-state index is 9.08. The summed E-state index contributed by atoms with van der Waals surface area (Å²) in [4.78, 5) is 6.18. The van der Waals surface area contributed by atoms with E-state index in [1.165, 1.54) is 0 Å². The molecule has 0 fully saturated rings. The summed E-state index contributed by atoms with van der Waals surface area (Å²) >= 11 is 3.42. The molecule has 4 nitrogen and oxygen atoms in total. The van der Waals surface area contributed by atoms with Crippen molar-refractivity contribution in [2.45, 2.75) is 13.0 Å². The molecule has 104 valence electrons. The van der Waals surface area contributed by atoms with Crippen LogP contribution in [0.2, 0.25) is 0 Å². The molecule has 0 aliphatic carbocycles. The lowest BCUT2D eigenvalue weighted by atomic mass is 10.1. The van der Waals surface area contributed by atoms with Crippen LogP contribution in [0.4, 0.5) is 5.69 Å². The van der Waals surface area contributed by atoms with Crippen LogP contribution in [-0.2, 0) is 6.54 Å². The van der Waals surface area contributed by atoms with Crippen LogP contribution in [0.15, 0.2) is 47.2 Å². The van der Waals surface area contributed by atoms with Gasteiger partial charge in [0.2, 0.25) is 0 Å². The molecule has 5 heteroatoms. The van der Waals surface area contributed by atoms with Crippen molar-refractivity contribution in [3.8, 4) is 12.1 Å². The molecule has 21 heavy (non-hydrogen) atoms. The summed E-state index contributed by atoms with van der Waals surface area (Å²) in [6.07, 6.45) is 3.97. The first-order valence-electron chi connectivity index (χ1n) is 6.44. The van der Waals surface area contributed by atoms with Gasteiger partial charge in [0, 0.05) is 35.6 Å². The summed E-state index contributed by atoms with van der Waals surface area (Å²) in [7, 11) is 0. The van der Waals surface area contributed by atoms with Gasteiger partial charge in [0.1, 0.15) is 0 Å². The second-order valence-electron chi connectivity index (χ2n) is 4.50. The molecule has 0 aliphatic heterocycles. The maximum Gasteiger partial charge on any atom is 0.0992 e. The predicted octanol–water partition coefficient (Wildman–Crippen LogP) is 3.64. The SMILES string of the molecule is N#CCCN(Cc1cccnc1)c1cc(Br)cc(C#N)c1. The minimum atomic E-state index is 0.425. The quantitative estimate of drug-likeness (QED) is 0.833. The fourth-order valence-electron chi connectivity index (χ4n) is 2.02. The van der Waals surface area contributed by atoms with Crippen LogP contribution in [-0.4, -0.2) is 11.5 Å². The smallest absolute Gasteiger partial charge is 0.0992 e. The monoisotopic (exact) mass is 340 g/mol. The zero-order chi connectivity index (χ0) is 15.1. The highest BCUT2D eigenvalue weighted by atomic mass is 79.9. The standard InChI is InChI=1S/C16H13BrN4/c17-15-7-14(10-19)8-16(9-15)21(6-2-4-18)12-13-3-1-5-20-11-13/h1,3,5,7-9,11H,2,6,12H2. The average molecular weight is 341 g/mol. The number of anilines is 1. The fourth-order valence-corrected chi connectivity index (χ4v) is 2.50. The Morgan fingerprint density at radius 3 is 2.76 bits per heavy atom. The summed E-state index contributed by atoms with van der Waals surface area (Å²) in [5.41, 5.74) is 2.57. The Balaban J connectivity index is 2.30.